The number of benzene rings is 1. The molecule has 3 nitrogen and oxygen atoms in total. The van der Waals surface area contributed by atoms with Crippen molar-refractivity contribution in [1.29, 1.82) is 0 Å². The molecule has 2 rings (SSSR count). The van der Waals surface area contributed by atoms with Crippen molar-refractivity contribution in [2.24, 2.45) is 0 Å². The van der Waals surface area contributed by atoms with Gasteiger partial charge in [0.25, 0.3) is 0 Å². The zero-order chi connectivity index (χ0) is 15.6. The highest BCUT2D eigenvalue weighted by Crippen LogP contribution is 2.40. The lowest BCUT2D eigenvalue weighted by Crippen LogP contribution is -2.08. The summed E-state index contributed by atoms with van der Waals surface area (Å²) < 4.78 is 5.45. The molecule has 0 radical (unpaired) electrons. The van der Waals surface area contributed by atoms with Gasteiger partial charge in [0.15, 0.2) is 0 Å². The van der Waals surface area contributed by atoms with E-state index in [0.717, 1.165) is 41.0 Å². The minimum absolute atomic E-state index is 0.378. The number of nitrogens with zero attached hydrogens (tertiary/aromatic N) is 1. The summed E-state index contributed by atoms with van der Waals surface area (Å²) in [6, 6.07) is 3.75. The van der Waals surface area contributed by atoms with Crippen LogP contribution in [0.5, 0.6) is 5.75 Å². The van der Waals surface area contributed by atoms with E-state index >= 15 is 0 Å². The second-order valence-electron chi connectivity index (χ2n) is 5.54. The predicted octanol–water partition coefficient (Wildman–Crippen LogP) is 5.15. The maximum absolute atomic E-state index is 6.46. The minimum atomic E-state index is 0.378. The molecule has 0 aliphatic carbocycles. The van der Waals surface area contributed by atoms with Crippen LogP contribution in [0.1, 0.15) is 44.4 Å². The number of methoxy groups -OCH3 is 1. The fourth-order valence-electron chi connectivity index (χ4n) is 2.74. The van der Waals surface area contributed by atoms with Crippen LogP contribution >= 0.6 is 11.6 Å². The first-order chi connectivity index (χ1) is 10.0. The van der Waals surface area contributed by atoms with Crippen LogP contribution in [0.2, 0.25) is 5.02 Å². The van der Waals surface area contributed by atoms with Crippen LogP contribution in [0.25, 0.3) is 10.9 Å². The molecule has 0 aliphatic heterocycles. The molecular weight excluding hydrogens is 284 g/mol. The Bertz CT molecular complexity index is 653. The molecule has 0 bridgehead atoms. The summed E-state index contributed by atoms with van der Waals surface area (Å²) >= 11 is 6.46. The van der Waals surface area contributed by atoms with Gasteiger partial charge in [-0.2, -0.15) is 0 Å². The highest BCUT2D eigenvalue weighted by atomic mass is 35.5. The smallest absolute Gasteiger partial charge is 0.145 e. The summed E-state index contributed by atoms with van der Waals surface area (Å²) in [5.74, 6) is 1.14. The number of halogens is 1. The van der Waals surface area contributed by atoms with Crippen molar-refractivity contribution in [2.75, 3.05) is 19.0 Å². The van der Waals surface area contributed by atoms with Gasteiger partial charge >= 0.3 is 0 Å². The van der Waals surface area contributed by atoms with E-state index in [9.17, 15) is 0 Å². The summed E-state index contributed by atoms with van der Waals surface area (Å²) in [7, 11) is 1.66. The first-order valence-corrected chi connectivity index (χ1v) is 7.79. The Morgan fingerprint density at radius 2 is 2.05 bits per heavy atom. The minimum Gasteiger partial charge on any atom is -0.494 e. The van der Waals surface area contributed by atoms with Gasteiger partial charge in [-0.15, -0.1) is 0 Å². The van der Waals surface area contributed by atoms with E-state index in [1.807, 2.05) is 19.1 Å². The first kappa shape index (κ1) is 15.9. The van der Waals surface area contributed by atoms with Gasteiger partial charge in [-0.3, -0.25) is 0 Å². The van der Waals surface area contributed by atoms with E-state index in [0.29, 0.717) is 10.9 Å². The molecule has 0 amide bonds. The number of hydrogen-bond donors (Lipinski definition) is 1. The molecule has 21 heavy (non-hydrogen) atoms. The van der Waals surface area contributed by atoms with Crippen LogP contribution in [0.3, 0.4) is 0 Å². The summed E-state index contributed by atoms with van der Waals surface area (Å²) in [5.41, 5.74) is 4.17. The SMILES string of the molecule is CCCNc1c(C(C)C)c(C)nc2c(OC)ccc(Cl)c12. The highest BCUT2D eigenvalue weighted by Gasteiger charge is 2.19. The molecule has 2 aromatic rings. The Labute approximate surface area is 131 Å². The zero-order valence-corrected chi connectivity index (χ0v) is 14.1. The Morgan fingerprint density at radius 1 is 1.33 bits per heavy atom. The molecule has 114 valence electrons. The molecule has 4 heteroatoms. The van der Waals surface area contributed by atoms with E-state index < -0.39 is 0 Å². The van der Waals surface area contributed by atoms with Crippen molar-refractivity contribution >= 4 is 28.2 Å². The molecule has 0 aliphatic rings. The van der Waals surface area contributed by atoms with Gasteiger partial charge in [0.2, 0.25) is 0 Å². The third-order valence-electron chi connectivity index (χ3n) is 3.63. The number of aryl methyl sites for hydroxylation is 1. The van der Waals surface area contributed by atoms with Gasteiger partial charge < -0.3 is 10.1 Å². The number of nitrogens with one attached hydrogen (secondary N) is 1. The van der Waals surface area contributed by atoms with Crippen LogP contribution < -0.4 is 10.1 Å². The van der Waals surface area contributed by atoms with E-state index in [4.69, 9.17) is 21.3 Å². The predicted molar refractivity (Wildman–Crippen MR) is 90.9 cm³/mol. The van der Waals surface area contributed by atoms with Crippen molar-refractivity contribution in [3.8, 4) is 5.75 Å². The van der Waals surface area contributed by atoms with Crippen LogP contribution in [0.15, 0.2) is 12.1 Å². The maximum atomic E-state index is 6.46. The highest BCUT2D eigenvalue weighted by molar-refractivity contribution is 6.36. The molecule has 1 heterocycles. The third kappa shape index (κ3) is 2.93. The molecule has 0 atom stereocenters. The lowest BCUT2D eigenvalue weighted by atomic mass is 9.96. The van der Waals surface area contributed by atoms with Gasteiger partial charge in [0.05, 0.1) is 17.8 Å². The van der Waals surface area contributed by atoms with Crippen molar-refractivity contribution < 1.29 is 4.74 Å². The number of aromatic nitrogens is 1. The van der Waals surface area contributed by atoms with Crippen molar-refractivity contribution in [1.82, 2.24) is 4.98 Å². The fourth-order valence-corrected chi connectivity index (χ4v) is 2.99. The Balaban J connectivity index is 2.85. The molecule has 0 saturated heterocycles. The van der Waals surface area contributed by atoms with E-state index in [1.54, 1.807) is 7.11 Å². The van der Waals surface area contributed by atoms with Gasteiger partial charge in [-0.05, 0) is 37.0 Å². The van der Waals surface area contributed by atoms with Crippen LogP contribution in [-0.2, 0) is 0 Å². The average Bonchev–Trinajstić information content (AvgIpc) is 2.44. The monoisotopic (exact) mass is 306 g/mol. The number of ether oxygens (including phenoxy) is 1. The molecule has 1 aromatic carbocycles. The second kappa shape index (κ2) is 6.52. The summed E-state index contributed by atoms with van der Waals surface area (Å²) in [6.07, 6.45) is 1.06. The largest absolute Gasteiger partial charge is 0.494 e. The van der Waals surface area contributed by atoms with Gasteiger partial charge in [-0.1, -0.05) is 32.4 Å². The lowest BCUT2D eigenvalue weighted by Gasteiger charge is -2.21. The third-order valence-corrected chi connectivity index (χ3v) is 3.94. The summed E-state index contributed by atoms with van der Waals surface area (Å²) in [6.45, 7) is 9.47. The topological polar surface area (TPSA) is 34.2 Å². The standard InChI is InChI=1S/C17H23ClN2O/c1-6-9-19-17-14(10(2)3)11(4)20-16-13(21-5)8-7-12(18)15(16)17/h7-8,10H,6,9H2,1-5H3,(H,19,20). The second-order valence-corrected chi connectivity index (χ2v) is 5.95. The van der Waals surface area contributed by atoms with Crippen LogP contribution in [0, 0.1) is 6.92 Å². The van der Waals surface area contributed by atoms with E-state index in [2.05, 4.69) is 26.1 Å². The number of anilines is 1. The van der Waals surface area contributed by atoms with Gasteiger partial charge in [-0.25, -0.2) is 4.98 Å². The number of hydrogen-bond acceptors (Lipinski definition) is 3. The first-order valence-electron chi connectivity index (χ1n) is 7.41. The lowest BCUT2D eigenvalue weighted by molar-refractivity contribution is 0.419. The number of pyridine rings is 1. The average molecular weight is 307 g/mol. The van der Waals surface area contributed by atoms with Crippen molar-refractivity contribution in [3.63, 3.8) is 0 Å². The Morgan fingerprint density at radius 3 is 2.62 bits per heavy atom. The number of fused-ring (bicyclic) bond motifs is 1. The van der Waals surface area contributed by atoms with Crippen molar-refractivity contribution in [3.05, 3.63) is 28.4 Å². The van der Waals surface area contributed by atoms with Crippen LogP contribution in [0.4, 0.5) is 5.69 Å². The van der Waals surface area contributed by atoms with E-state index in [1.165, 1.54) is 5.56 Å². The fraction of sp³-hybridized carbons (Fsp3) is 0.471. The molecule has 0 fully saturated rings. The molecule has 0 saturated carbocycles. The Hall–Kier alpha value is -1.48. The van der Waals surface area contributed by atoms with Crippen molar-refractivity contribution in [2.45, 2.75) is 40.0 Å². The van der Waals surface area contributed by atoms with Gasteiger partial charge in [0.1, 0.15) is 11.3 Å². The Kier molecular flexibility index (Phi) is 4.94. The van der Waals surface area contributed by atoms with E-state index in [-0.39, 0.29) is 0 Å². The molecule has 1 aromatic heterocycles. The molecule has 0 spiro atoms. The zero-order valence-electron chi connectivity index (χ0n) is 13.4. The molecule has 0 unspecified atom stereocenters. The normalized spacial score (nSPS) is 11.2. The summed E-state index contributed by atoms with van der Waals surface area (Å²) in [4.78, 5) is 4.75. The van der Waals surface area contributed by atoms with Gasteiger partial charge in [0, 0.05) is 17.6 Å². The maximum Gasteiger partial charge on any atom is 0.145 e. The summed E-state index contributed by atoms with van der Waals surface area (Å²) in [5, 5.41) is 5.20. The molecule has 1 N–H and O–H groups in total. The quantitative estimate of drug-likeness (QED) is 0.829. The van der Waals surface area contributed by atoms with Crippen LogP contribution in [-0.4, -0.2) is 18.6 Å². The number of rotatable bonds is 5. The molecular formula is C17H23ClN2O.